The number of nitrogens with zero attached hydrogens (tertiary/aromatic N) is 3. The van der Waals surface area contributed by atoms with E-state index in [0.717, 1.165) is 58.2 Å². The first-order valence-corrected chi connectivity index (χ1v) is 8.74. The Morgan fingerprint density at radius 1 is 1.32 bits per heavy atom. The normalized spacial score (nSPS) is 27.1. The second kappa shape index (κ2) is 6.82. The summed E-state index contributed by atoms with van der Waals surface area (Å²) in [5, 5.41) is 4.37. The molecule has 22 heavy (non-hydrogen) atoms. The molecule has 122 valence electrons. The third-order valence-corrected chi connectivity index (χ3v) is 5.32. The number of piperidine rings is 1. The van der Waals surface area contributed by atoms with Crippen LogP contribution in [-0.2, 0) is 11.3 Å². The molecule has 1 aliphatic carbocycles. The predicted octanol–water partition coefficient (Wildman–Crippen LogP) is 2.13. The monoisotopic (exact) mass is 304 g/mol. The molecule has 1 saturated carbocycles. The van der Waals surface area contributed by atoms with E-state index >= 15 is 0 Å². The fraction of sp³-hybridized carbons (Fsp3) is 0.765. The molecule has 1 aromatic rings. The van der Waals surface area contributed by atoms with Crippen LogP contribution in [0.4, 0.5) is 0 Å². The molecule has 5 nitrogen and oxygen atoms in total. The van der Waals surface area contributed by atoms with Gasteiger partial charge in [0.1, 0.15) is 0 Å². The van der Waals surface area contributed by atoms with Crippen molar-refractivity contribution in [2.24, 2.45) is 11.7 Å². The molecule has 2 heterocycles. The van der Waals surface area contributed by atoms with Crippen LogP contribution in [0.25, 0.3) is 0 Å². The highest BCUT2D eigenvalue weighted by Gasteiger charge is 2.31. The summed E-state index contributed by atoms with van der Waals surface area (Å²) in [7, 11) is 0. The largest absolute Gasteiger partial charge is 0.342 e. The molecule has 1 saturated heterocycles. The summed E-state index contributed by atoms with van der Waals surface area (Å²) in [6.45, 7) is 4.78. The standard InChI is InChI=1S/C17H28N4O/c1-2-21-12-15(11-19-21)13-6-8-20(9-7-13)17(22)14-4-3-5-16(18)10-14/h11-14,16H,2-10,18H2,1H3. The van der Waals surface area contributed by atoms with E-state index in [0.29, 0.717) is 11.8 Å². The van der Waals surface area contributed by atoms with E-state index < -0.39 is 0 Å². The Bertz CT molecular complexity index is 505. The van der Waals surface area contributed by atoms with Gasteiger partial charge >= 0.3 is 0 Å². The third-order valence-electron chi connectivity index (χ3n) is 5.32. The average Bonchev–Trinajstić information content (AvgIpc) is 3.03. The van der Waals surface area contributed by atoms with Gasteiger partial charge in [0, 0.05) is 37.8 Å². The summed E-state index contributed by atoms with van der Waals surface area (Å²) in [5.41, 5.74) is 7.35. The molecular weight excluding hydrogens is 276 g/mol. The Balaban J connectivity index is 1.53. The van der Waals surface area contributed by atoms with E-state index in [-0.39, 0.29) is 12.0 Å². The summed E-state index contributed by atoms with van der Waals surface area (Å²) < 4.78 is 1.98. The topological polar surface area (TPSA) is 64.2 Å². The van der Waals surface area contributed by atoms with Crippen molar-refractivity contribution in [1.29, 1.82) is 0 Å². The summed E-state index contributed by atoms with van der Waals surface area (Å²) in [6.07, 6.45) is 10.3. The van der Waals surface area contributed by atoms with Crippen LogP contribution in [0.1, 0.15) is 56.9 Å². The van der Waals surface area contributed by atoms with E-state index in [2.05, 4.69) is 23.1 Å². The molecule has 2 fully saturated rings. The molecule has 2 N–H and O–H groups in total. The minimum atomic E-state index is 0.170. The lowest BCUT2D eigenvalue weighted by Gasteiger charge is -2.36. The Labute approximate surface area is 132 Å². The fourth-order valence-electron chi connectivity index (χ4n) is 3.91. The van der Waals surface area contributed by atoms with Crippen LogP contribution in [-0.4, -0.2) is 39.7 Å². The molecule has 1 aromatic heterocycles. The number of likely N-dealkylation sites (tertiary alicyclic amines) is 1. The zero-order chi connectivity index (χ0) is 15.5. The Hall–Kier alpha value is -1.36. The van der Waals surface area contributed by atoms with Crippen LogP contribution >= 0.6 is 0 Å². The molecule has 3 rings (SSSR count). The van der Waals surface area contributed by atoms with Gasteiger partial charge in [0.2, 0.25) is 5.91 Å². The first-order chi connectivity index (χ1) is 10.7. The number of aromatic nitrogens is 2. The van der Waals surface area contributed by atoms with E-state index in [1.54, 1.807) is 0 Å². The second-order valence-corrected chi connectivity index (χ2v) is 6.85. The van der Waals surface area contributed by atoms with Gasteiger partial charge in [-0.05, 0) is 50.5 Å². The molecule has 1 aliphatic heterocycles. The van der Waals surface area contributed by atoms with E-state index in [1.165, 1.54) is 5.56 Å². The van der Waals surface area contributed by atoms with Crippen molar-refractivity contribution in [3.63, 3.8) is 0 Å². The van der Waals surface area contributed by atoms with Crippen molar-refractivity contribution in [3.05, 3.63) is 18.0 Å². The lowest BCUT2D eigenvalue weighted by molar-refractivity contribution is -0.137. The maximum atomic E-state index is 12.6. The Kier molecular flexibility index (Phi) is 4.81. The fourth-order valence-corrected chi connectivity index (χ4v) is 3.91. The van der Waals surface area contributed by atoms with Crippen molar-refractivity contribution in [1.82, 2.24) is 14.7 Å². The number of hydrogen-bond donors (Lipinski definition) is 1. The van der Waals surface area contributed by atoms with Gasteiger partial charge < -0.3 is 10.6 Å². The van der Waals surface area contributed by atoms with Crippen LogP contribution in [0.3, 0.4) is 0 Å². The van der Waals surface area contributed by atoms with Gasteiger partial charge in [-0.15, -0.1) is 0 Å². The highest BCUT2D eigenvalue weighted by molar-refractivity contribution is 5.79. The maximum absolute atomic E-state index is 12.6. The molecule has 2 aliphatic rings. The quantitative estimate of drug-likeness (QED) is 0.930. The number of aryl methyl sites for hydroxylation is 1. The lowest BCUT2D eigenvalue weighted by Crippen LogP contribution is -2.44. The summed E-state index contributed by atoms with van der Waals surface area (Å²) in [5.74, 6) is 1.07. The van der Waals surface area contributed by atoms with Crippen molar-refractivity contribution in [2.75, 3.05) is 13.1 Å². The molecule has 0 aromatic carbocycles. The molecule has 2 unspecified atom stereocenters. The van der Waals surface area contributed by atoms with Crippen molar-refractivity contribution < 1.29 is 4.79 Å². The molecule has 5 heteroatoms. The number of amides is 1. The number of rotatable bonds is 3. The first-order valence-electron chi connectivity index (χ1n) is 8.74. The molecule has 0 radical (unpaired) electrons. The van der Waals surface area contributed by atoms with Crippen LogP contribution < -0.4 is 5.73 Å². The van der Waals surface area contributed by atoms with Gasteiger partial charge in [-0.3, -0.25) is 9.48 Å². The third kappa shape index (κ3) is 3.35. The van der Waals surface area contributed by atoms with Crippen molar-refractivity contribution in [2.45, 2.75) is 64.0 Å². The number of carbonyl (C=O) groups excluding carboxylic acids is 1. The van der Waals surface area contributed by atoms with Crippen LogP contribution in [0.15, 0.2) is 12.4 Å². The van der Waals surface area contributed by atoms with Crippen LogP contribution in [0, 0.1) is 5.92 Å². The van der Waals surface area contributed by atoms with Gasteiger partial charge in [-0.1, -0.05) is 6.42 Å². The smallest absolute Gasteiger partial charge is 0.225 e. The molecule has 0 spiro atoms. The van der Waals surface area contributed by atoms with Crippen LogP contribution in [0.2, 0.25) is 0 Å². The Morgan fingerprint density at radius 3 is 2.73 bits per heavy atom. The number of carbonyl (C=O) groups is 1. The maximum Gasteiger partial charge on any atom is 0.225 e. The summed E-state index contributed by atoms with van der Waals surface area (Å²) in [6, 6.07) is 0.222. The van der Waals surface area contributed by atoms with Gasteiger partial charge in [-0.25, -0.2) is 0 Å². The molecule has 1 amide bonds. The molecule has 0 bridgehead atoms. The van der Waals surface area contributed by atoms with Crippen molar-refractivity contribution in [3.8, 4) is 0 Å². The minimum absolute atomic E-state index is 0.170. The molecular formula is C17H28N4O. The van der Waals surface area contributed by atoms with Gasteiger partial charge in [-0.2, -0.15) is 5.10 Å². The van der Waals surface area contributed by atoms with E-state index in [1.807, 2.05) is 10.9 Å². The predicted molar refractivity (Wildman–Crippen MR) is 86.4 cm³/mol. The zero-order valence-corrected chi connectivity index (χ0v) is 13.6. The second-order valence-electron chi connectivity index (χ2n) is 6.85. The number of nitrogens with two attached hydrogens (primary N) is 1. The zero-order valence-electron chi connectivity index (χ0n) is 13.6. The number of hydrogen-bond acceptors (Lipinski definition) is 3. The van der Waals surface area contributed by atoms with E-state index in [4.69, 9.17) is 5.73 Å². The highest BCUT2D eigenvalue weighted by atomic mass is 16.2. The average molecular weight is 304 g/mol. The minimum Gasteiger partial charge on any atom is -0.342 e. The van der Waals surface area contributed by atoms with Crippen molar-refractivity contribution >= 4 is 5.91 Å². The SMILES string of the molecule is CCn1cc(C2CCN(C(=O)C3CCCC(N)C3)CC2)cn1. The first kappa shape index (κ1) is 15.5. The highest BCUT2D eigenvalue weighted by Crippen LogP contribution is 2.30. The summed E-state index contributed by atoms with van der Waals surface area (Å²) in [4.78, 5) is 14.7. The van der Waals surface area contributed by atoms with Crippen LogP contribution in [0.5, 0.6) is 0 Å². The molecule has 2 atom stereocenters. The van der Waals surface area contributed by atoms with E-state index in [9.17, 15) is 4.79 Å². The van der Waals surface area contributed by atoms with Gasteiger partial charge in [0.05, 0.1) is 6.20 Å². The lowest BCUT2D eigenvalue weighted by atomic mass is 9.84. The Morgan fingerprint density at radius 2 is 2.09 bits per heavy atom. The summed E-state index contributed by atoms with van der Waals surface area (Å²) >= 11 is 0. The van der Waals surface area contributed by atoms with Gasteiger partial charge in [0.25, 0.3) is 0 Å². The van der Waals surface area contributed by atoms with Gasteiger partial charge in [0.15, 0.2) is 0 Å².